The fraction of sp³-hybridized carbons (Fsp3) is 0.438. The third-order valence-electron chi connectivity index (χ3n) is 3.62. The van der Waals surface area contributed by atoms with Crippen LogP contribution in [0.2, 0.25) is 5.02 Å². The normalized spacial score (nSPS) is 12.6. The van der Waals surface area contributed by atoms with Crippen LogP contribution >= 0.6 is 11.6 Å². The molecule has 108 valence electrons. The number of benzene rings is 1. The van der Waals surface area contributed by atoms with Gasteiger partial charge in [0.1, 0.15) is 0 Å². The second-order valence-corrected chi connectivity index (χ2v) is 5.59. The molecule has 3 nitrogen and oxygen atoms in total. The van der Waals surface area contributed by atoms with Crippen LogP contribution < -0.4 is 5.32 Å². The zero-order valence-corrected chi connectivity index (χ0v) is 13.1. The van der Waals surface area contributed by atoms with Gasteiger partial charge in [0.2, 0.25) is 0 Å². The Morgan fingerprint density at radius 1 is 1.30 bits per heavy atom. The predicted molar refractivity (Wildman–Crippen MR) is 84.5 cm³/mol. The summed E-state index contributed by atoms with van der Waals surface area (Å²) in [5.41, 5.74) is 3.62. The minimum absolute atomic E-state index is 0.532. The molecular formula is C16H22ClN3. The van der Waals surface area contributed by atoms with Crippen molar-refractivity contribution < 1.29 is 0 Å². The van der Waals surface area contributed by atoms with Gasteiger partial charge in [0.25, 0.3) is 0 Å². The standard InChI is InChI=1S/C16H22ClN3/c1-4-18-9-12(2)15-7-5-14(6-8-15)11-20-13(3)16(17)10-19-20/h5-8,10,12,18H,4,9,11H2,1-3H3. The second kappa shape index (κ2) is 6.91. The molecule has 1 heterocycles. The first-order valence-electron chi connectivity index (χ1n) is 7.09. The van der Waals surface area contributed by atoms with Crippen LogP contribution in [-0.4, -0.2) is 22.9 Å². The van der Waals surface area contributed by atoms with Crippen LogP contribution in [0.15, 0.2) is 30.5 Å². The Morgan fingerprint density at radius 3 is 2.55 bits per heavy atom. The topological polar surface area (TPSA) is 29.9 Å². The van der Waals surface area contributed by atoms with Gasteiger partial charge in [-0.25, -0.2) is 0 Å². The summed E-state index contributed by atoms with van der Waals surface area (Å²) in [7, 11) is 0. The first kappa shape index (κ1) is 15.1. The van der Waals surface area contributed by atoms with E-state index in [1.165, 1.54) is 11.1 Å². The Bertz CT molecular complexity index is 545. The van der Waals surface area contributed by atoms with Gasteiger partial charge in [-0.15, -0.1) is 0 Å². The summed E-state index contributed by atoms with van der Waals surface area (Å²) in [5, 5.41) is 8.39. The average Bonchev–Trinajstić information content (AvgIpc) is 2.77. The molecule has 0 aliphatic heterocycles. The molecule has 20 heavy (non-hydrogen) atoms. The van der Waals surface area contributed by atoms with E-state index in [1.54, 1.807) is 6.20 Å². The first-order chi connectivity index (χ1) is 9.61. The molecule has 0 aliphatic rings. The second-order valence-electron chi connectivity index (χ2n) is 5.19. The highest BCUT2D eigenvalue weighted by molar-refractivity contribution is 6.31. The van der Waals surface area contributed by atoms with E-state index in [2.05, 4.69) is 48.5 Å². The van der Waals surface area contributed by atoms with Gasteiger partial charge in [0.15, 0.2) is 0 Å². The molecule has 0 fully saturated rings. The van der Waals surface area contributed by atoms with E-state index in [0.717, 1.165) is 30.4 Å². The number of hydrogen-bond donors (Lipinski definition) is 1. The fourth-order valence-electron chi connectivity index (χ4n) is 2.19. The largest absolute Gasteiger partial charge is 0.316 e. The van der Waals surface area contributed by atoms with E-state index < -0.39 is 0 Å². The molecule has 4 heteroatoms. The maximum atomic E-state index is 6.02. The third-order valence-corrected chi connectivity index (χ3v) is 4.00. The van der Waals surface area contributed by atoms with Gasteiger partial charge in [-0.2, -0.15) is 5.10 Å². The minimum atomic E-state index is 0.532. The van der Waals surface area contributed by atoms with Gasteiger partial charge in [0, 0.05) is 6.54 Å². The van der Waals surface area contributed by atoms with Crippen LogP contribution in [0.3, 0.4) is 0 Å². The van der Waals surface area contributed by atoms with Gasteiger partial charge in [-0.05, 0) is 30.5 Å². The molecule has 0 bridgehead atoms. The highest BCUT2D eigenvalue weighted by atomic mass is 35.5. The third kappa shape index (κ3) is 3.62. The van der Waals surface area contributed by atoms with E-state index in [0.29, 0.717) is 5.92 Å². The predicted octanol–water partition coefficient (Wildman–Crippen LogP) is 3.61. The lowest BCUT2D eigenvalue weighted by Gasteiger charge is -2.13. The van der Waals surface area contributed by atoms with Gasteiger partial charge < -0.3 is 5.32 Å². The molecule has 1 aromatic heterocycles. The number of likely N-dealkylation sites (N-methyl/N-ethyl adjacent to an activating group) is 1. The van der Waals surface area contributed by atoms with E-state index in [9.17, 15) is 0 Å². The van der Waals surface area contributed by atoms with Crippen LogP contribution in [0.5, 0.6) is 0 Å². The molecule has 2 aromatic rings. The zero-order chi connectivity index (χ0) is 14.5. The number of aromatic nitrogens is 2. The van der Waals surface area contributed by atoms with Crippen molar-refractivity contribution in [3.8, 4) is 0 Å². The molecule has 1 atom stereocenters. The lowest BCUT2D eigenvalue weighted by atomic mass is 10.00. The molecule has 2 rings (SSSR count). The van der Waals surface area contributed by atoms with Crippen LogP contribution in [0.25, 0.3) is 0 Å². The van der Waals surface area contributed by atoms with Crippen molar-refractivity contribution in [3.05, 3.63) is 52.3 Å². The van der Waals surface area contributed by atoms with E-state index in [1.807, 2.05) is 11.6 Å². The highest BCUT2D eigenvalue weighted by Gasteiger charge is 2.07. The van der Waals surface area contributed by atoms with Crippen LogP contribution in [0.4, 0.5) is 0 Å². The monoisotopic (exact) mass is 291 g/mol. The van der Waals surface area contributed by atoms with Gasteiger partial charge in [-0.3, -0.25) is 4.68 Å². The van der Waals surface area contributed by atoms with Gasteiger partial charge >= 0.3 is 0 Å². The Hall–Kier alpha value is -1.32. The Kier molecular flexibility index (Phi) is 5.21. The number of nitrogens with one attached hydrogen (secondary N) is 1. The number of hydrogen-bond acceptors (Lipinski definition) is 2. The molecule has 0 spiro atoms. The van der Waals surface area contributed by atoms with Crippen molar-refractivity contribution in [1.82, 2.24) is 15.1 Å². The summed E-state index contributed by atoms with van der Waals surface area (Å²) >= 11 is 6.02. The van der Waals surface area contributed by atoms with Crippen molar-refractivity contribution in [2.45, 2.75) is 33.2 Å². The Balaban J connectivity index is 2.03. The van der Waals surface area contributed by atoms with Crippen molar-refractivity contribution >= 4 is 11.6 Å². The summed E-state index contributed by atoms with van der Waals surface area (Å²) in [6.45, 7) is 9.16. The SMILES string of the molecule is CCNCC(C)c1ccc(Cn2ncc(Cl)c2C)cc1. The first-order valence-corrected chi connectivity index (χ1v) is 7.47. The lowest BCUT2D eigenvalue weighted by Crippen LogP contribution is -2.19. The fourth-order valence-corrected chi connectivity index (χ4v) is 2.33. The molecular weight excluding hydrogens is 270 g/mol. The van der Waals surface area contributed by atoms with Crippen LogP contribution in [0.1, 0.15) is 36.6 Å². The van der Waals surface area contributed by atoms with Gasteiger partial charge in [-0.1, -0.05) is 49.7 Å². The molecule has 1 aromatic carbocycles. The molecule has 1 unspecified atom stereocenters. The van der Waals surface area contributed by atoms with Gasteiger partial charge in [0.05, 0.1) is 23.5 Å². The number of nitrogens with zero attached hydrogens (tertiary/aromatic N) is 2. The molecule has 0 saturated heterocycles. The summed E-state index contributed by atoms with van der Waals surface area (Å²) in [6.07, 6.45) is 1.70. The van der Waals surface area contributed by atoms with Crippen LogP contribution in [-0.2, 0) is 6.54 Å². The van der Waals surface area contributed by atoms with E-state index in [4.69, 9.17) is 11.6 Å². The average molecular weight is 292 g/mol. The molecule has 0 amide bonds. The van der Waals surface area contributed by atoms with Crippen molar-refractivity contribution in [2.24, 2.45) is 0 Å². The van der Waals surface area contributed by atoms with E-state index >= 15 is 0 Å². The van der Waals surface area contributed by atoms with Crippen molar-refractivity contribution in [1.29, 1.82) is 0 Å². The van der Waals surface area contributed by atoms with Crippen LogP contribution in [0, 0.1) is 6.92 Å². The lowest BCUT2D eigenvalue weighted by molar-refractivity contribution is 0.633. The Morgan fingerprint density at radius 2 is 2.00 bits per heavy atom. The van der Waals surface area contributed by atoms with Crippen molar-refractivity contribution in [2.75, 3.05) is 13.1 Å². The number of halogens is 1. The molecule has 0 radical (unpaired) electrons. The molecule has 0 saturated carbocycles. The summed E-state index contributed by atoms with van der Waals surface area (Å²) in [6, 6.07) is 8.76. The molecule has 1 N–H and O–H groups in total. The number of rotatable bonds is 6. The molecule has 0 aliphatic carbocycles. The maximum absolute atomic E-state index is 6.02. The summed E-state index contributed by atoms with van der Waals surface area (Å²) in [4.78, 5) is 0. The maximum Gasteiger partial charge on any atom is 0.0815 e. The summed E-state index contributed by atoms with van der Waals surface area (Å²) < 4.78 is 1.93. The minimum Gasteiger partial charge on any atom is -0.316 e. The van der Waals surface area contributed by atoms with Crippen molar-refractivity contribution in [3.63, 3.8) is 0 Å². The highest BCUT2D eigenvalue weighted by Crippen LogP contribution is 2.18. The summed E-state index contributed by atoms with van der Waals surface area (Å²) in [5.74, 6) is 0.532. The zero-order valence-electron chi connectivity index (χ0n) is 12.4. The smallest absolute Gasteiger partial charge is 0.0815 e. The van der Waals surface area contributed by atoms with E-state index in [-0.39, 0.29) is 0 Å². The Labute approximate surface area is 126 Å². The quantitative estimate of drug-likeness (QED) is 0.881.